The smallest absolute Gasteiger partial charge is 0.256 e. The number of amides is 2. The van der Waals surface area contributed by atoms with Crippen molar-refractivity contribution in [3.05, 3.63) is 65.9 Å². The first-order chi connectivity index (χ1) is 14.2. The Bertz CT molecular complexity index is 1140. The first kappa shape index (κ1) is 17.7. The standard InChI is InChI=1S/C23H21N3O3/c27-22(25-9-11-29-12-10-25)15-26-14-16(17-5-2-4-8-21(17)26)13-19-18-6-1-3-7-20(18)24-23(19)28/h1-8,13-14H,9-12,15H2,(H,24,28)/b19-13+. The summed E-state index contributed by atoms with van der Waals surface area (Å²) in [7, 11) is 0. The van der Waals surface area contributed by atoms with E-state index in [1.165, 1.54) is 0 Å². The zero-order valence-corrected chi connectivity index (χ0v) is 15.9. The highest BCUT2D eigenvalue weighted by molar-refractivity contribution is 6.35. The number of benzene rings is 2. The molecule has 6 nitrogen and oxygen atoms in total. The molecule has 0 radical (unpaired) electrons. The fraction of sp³-hybridized carbons (Fsp3) is 0.217. The van der Waals surface area contributed by atoms with Crippen LogP contribution in [0.15, 0.2) is 54.7 Å². The molecule has 146 valence electrons. The maximum Gasteiger partial charge on any atom is 0.256 e. The molecule has 1 fully saturated rings. The summed E-state index contributed by atoms with van der Waals surface area (Å²) >= 11 is 0. The van der Waals surface area contributed by atoms with Crippen LogP contribution in [0.5, 0.6) is 0 Å². The first-order valence-electron chi connectivity index (χ1n) is 9.76. The molecule has 0 aliphatic carbocycles. The predicted octanol–water partition coefficient (Wildman–Crippen LogP) is 2.99. The van der Waals surface area contributed by atoms with Gasteiger partial charge in [0.15, 0.2) is 0 Å². The molecule has 0 atom stereocenters. The molecule has 1 aromatic heterocycles. The van der Waals surface area contributed by atoms with Gasteiger partial charge < -0.3 is 19.5 Å². The van der Waals surface area contributed by atoms with Gasteiger partial charge in [0, 0.05) is 52.6 Å². The van der Waals surface area contributed by atoms with Gasteiger partial charge in [0.05, 0.1) is 13.2 Å². The molecule has 6 heteroatoms. The SMILES string of the molecule is O=C1Nc2ccccc2/C1=C\c1cn(CC(=O)N2CCOCC2)c2ccccc12. The number of morpholine rings is 1. The van der Waals surface area contributed by atoms with Crippen molar-refractivity contribution in [1.29, 1.82) is 0 Å². The van der Waals surface area contributed by atoms with Gasteiger partial charge in [-0.3, -0.25) is 9.59 Å². The summed E-state index contributed by atoms with van der Waals surface area (Å²) in [4.78, 5) is 27.1. The third-order valence-electron chi connectivity index (χ3n) is 5.50. The van der Waals surface area contributed by atoms with Crippen LogP contribution in [0.1, 0.15) is 11.1 Å². The number of aromatic nitrogens is 1. The Morgan fingerprint density at radius 2 is 1.83 bits per heavy atom. The van der Waals surface area contributed by atoms with E-state index in [-0.39, 0.29) is 18.4 Å². The maximum absolute atomic E-state index is 12.8. The van der Waals surface area contributed by atoms with Gasteiger partial charge in [0.2, 0.25) is 5.91 Å². The zero-order chi connectivity index (χ0) is 19.8. The lowest BCUT2D eigenvalue weighted by Gasteiger charge is -2.27. The Hall–Kier alpha value is -3.38. The molecule has 2 aliphatic heterocycles. The van der Waals surface area contributed by atoms with E-state index in [9.17, 15) is 9.59 Å². The third-order valence-corrected chi connectivity index (χ3v) is 5.50. The van der Waals surface area contributed by atoms with Crippen molar-refractivity contribution >= 4 is 40.1 Å². The minimum absolute atomic E-state index is 0.0808. The van der Waals surface area contributed by atoms with E-state index in [4.69, 9.17) is 4.74 Å². The van der Waals surface area contributed by atoms with Gasteiger partial charge in [-0.1, -0.05) is 36.4 Å². The molecule has 2 aromatic carbocycles. The Morgan fingerprint density at radius 3 is 2.69 bits per heavy atom. The number of nitrogens with zero attached hydrogens (tertiary/aromatic N) is 2. The van der Waals surface area contributed by atoms with Crippen LogP contribution in [0.2, 0.25) is 0 Å². The number of fused-ring (bicyclic) bond motifs is 2. The molecule has 0 bridgehead atoms. The monoisotopic (exact) mass is 387 g/mol. The Morgan fingerprint density at radius 1 is 1.07 bits per heavy atom. The normalized spacial score (nSPS) is 17.6. The van der Waals surface area contributed by atoms with E-state index < -0.39 is 0 Å². The maximum atomic E-state index is 12.8. The van der Waals surface area contributed by atoms with Gasteiger partial charge in [-0.05, 0) is 18.2 Å². The number of ether oxygens (including phenoxy) is 1. The van der Waals surface area contributed by atoms with Crippen LogP contribution in [-0.4, -0.2) is 47.6 Å². The molecule has 0 unspecified atom stereocenters. The molecule has 3 heterocycles. The van der Waals surface area contributed by atoms with Gasteiger partial charge in [-0.25, -0.2) is 0 Å². The van der Waals surface area contributed by atoms with Crippen molar-refractivity contribution < 1.29 is 14.3 Å². The van der Waals surface area contributed by atoms with Crippen molar-refractivity contribution in [2.45, 2.75) is 6.54 Å². The molecular formula is C23H21N3O3. The summed E-state index contributed by atoms with van der Waals surface area (Å²) in [5.41, 5.74) is 4.28. The second-order valence-electron chi connectivity index (χ2n) is 7.28. The van der Waals surface area contributed by atoms with E-state index in [2.05, 4.69) is 5.32 Å². The summed E-state index contributed by atoms with van der Waals surface area (Å²) in [6, 6.07) is 15.7. The summed E-state index contributed by atoms with van der Waals surface area (Å²) < 4.78 is 7.31. The minimum Gasteiger partial charge on any atom is -0.378 e. The molecular weight excluding hydrogens is 366 g/mol. The number of rotatable bonds is 3. The predicted molar refractivity (Wildman–Crippen MR) is 112 cm³/mol. The molecule has 2 aliphatic rings. The van der Waals surface area contributed by atoms with Crippen LogP contribution in [0.3, 0.4) is 0 Å². The fourth-order valence-electron chi connectivity index (χ4n) is 4.02. The van der Waals surface area contributed by atoms with Gasteiger partial charge in [-0.15, -0.1) is 0 Å². The van der Waals surface area contributed by atoms with Gasteiger partial charge in [0.25, 0.3) is 5.91 Å². The van der Waals surface area contributed by atoms with E-state index in [0.717, 1.165) is 27.7 Å². The number of anilines is 1. The minimum atomic E-state index is -0.104. The summed E-state index contributed by atoms with van der Waals surface area (Å²) in [6.45, 7) is 2.71. The van der Waals surface area contributed by atoms with Crippen LogP contribution in [0.4, 0.5) is 5.69 Å². The number of hydrogen-bond acceptors (Lipinski definition) is 3. The average molecular weight is 387 g/mol. The van der Waals surface area contributed by atoms with Crippen LogP contribution in [0, 0.1) is 0 Å². The number of para-hydroxylation sites is 2. The van der Waals surface area contributed by atoms with E-state index in [0.29, 0.717) is 31.9 Å². The van der Waals surface area contributed by atoms with E-state index >= 15 is 0 Å². The Balaban J connectivity index is 1.53. The van der Waals surface area contributed by atoms with E-state index in [1.807, 2.05) is 70.3 Å². The lowest BCUT2D eigenvalue weighted by atomic mass is 10.0. The average Bonchev–Trinajstić information content (AvgIpc) is 3.26. The molecule has 2 amide bonds. The highest BCUT2D eigenvalue weighted by atomic mass is 16.5. The van der Waals surface area contributed by atoms with E-state index in [1.54, 1.807) is 0 Å². The highest BCUT2D eigenvalue weighted by Gasteiger charge is 2.24. The molecule has 0 spiro atoms. The van der Waals surface area contributed by atoms with Crippen LogP contribution >= 0.6 is 0 Å². The topological polar surface area (TPSA) is 63.6 Å². The molecule has 5 rings (SSSR count). The summed E-state index contributed by atoms with van der Waals surface area (Å²) in [5.74, 6) is -0.0235. The largest absolute Gasteiger partial charge is 0.378 e. The number of nitrogens with one attached hydrogen (secondary N) is 1. The van der Waals surface area contributed by atoms with Crippen molar-refractivity contribution in [3.63, 3.8) is 0 Å². The second-order valence-corrected chi connectivity index (χ2v) is 7.28. The van der Waals surface area contributed by atoms with Crippen LogP contribution in [-0.2, 0) is 20.9 Å². The third kappa shape index (κ3) is 3.21. The van der Waals surface area contributed by atoms with Gasteiger partial charge in [0.1, 0.15) is 6.54 Å². The van der Waals surface area contributed by atoms with Crippen LogP contribution in [0.25, 0.3) is 22.6 Å². The number of hydrogen-bond donors (Lipinski definition) is 1. The van der Waals surface area contributed by atoms with Crippen molar-refractivity contribution in [2.24, 2.45) is 0 Å². The molecule has 1 N–H and O–H groups in total. The number of carbonyl (C=O) groups is 2. The van der Waals surface area contributed by atoms with Gasteiger partial charge in [-0.2, -0.15) is 0 Å². The Kier molecular flexibility index (Phi) is 4.41. The fourth-order valence-corrected chi connectivity index (χ4v) is 4.02. The van der Waals surface area contributed by atoms with Gasteiger partial charge >= 0.3 is 0 Å². The first-order valence-corrected chi connectivity index (χ1v) is 9.76. The molecule has 1 saturated heterocycles. The second kappa shape index (κ2) is 7.22. The van der Waals surface area contributed by atoms with Crippen molar-refractivity contribution in [3.8, 4) is 0 Å². The molecule has 29 heavy (non-hydrogen) atoms. The lowest BCUT2D eigenvalue weighted by Crippen LogP contribution is -2.42. The quantitative estimate of drug-likeness (QED) is 0.703. The lowest BCUT2D eigenvalue weighted by molar-refractivity contribution is -0.135. The van der Waals surface area contributed by atoms with Crippen LogP contribution < -0.4 is 5.32 Å². The number of carbonyl (C=O) groups excluding carboxylic acids is 2. The zero-order valence-electron chi connectivity index (χ0n) is 15.9. The highest BCUT2D eigenvalue weighted by Crippen LogP contribution is 2.34. The van der Waals surface area contributed by atoms with Crippen molar-refractivity contribution in [2.75, 3.05) is 31.6 Å². The van der Waals surface area contributed by atoms with Crippen molar-refractivity contribution in [1.82, 2.24) is 9.47 Å². The molecule has 3 aromatic rings. The Labute approximate surface area is 168 Å². The molecule has 0 saturated carbocycles. The summed E-state index contributed by atoms with van der Waals surface area (Å²) in [6.07, 6.45) is 3.88. The summed E-state index contributed by atoms with van der Waals surface area (Å²) in [5, 5.41) is 3.93.